The van der Waals surface area contributed by atoms with Crippen LogP contribution in [0.15, 0.2) is 36.4 Å². The Morgan fingerprint density at radius 3 is 2.14 bits per heavy atom. The second-order valence-electron chi connectivity index (χ2n) is 4.53. The minimum Gasteiger partial charge on any atom is -0.318 e. The highest BCUT2D eigenvalue weighted by molar-refractivity contribution is 14.1. The number of carbonyl (C=O) groups excluding carboxylic acids is 2. The first-order valence-corrected chi connectivity index (χ1v) is 8.03. The Kier molecular flexibility index (Phi) is 5.66. The first-order chi connectivity index (χ1) is 10.3. The number of halogens is 3. The van der Waals surface area contributed by atoms with Crippen molar-refractivity contribution in [2.24, 2.45) is 0 Å². The molecule has 0 aliphatic heterocycles. The van der Waals surface area contributed by atoms with Crippen LogP contribution in [0.1, 0.15) is 5.56 Å². The summed E-state index contributed by atoms with van der Waals surface area (Å²) in [5.41, 5.74) is 1.82. The summed E-state index contributed by atoms with van der Waals surface area (Å²) in [6, 6.07) is 10.1. The summed E-state index contributed by atoms with van der Waals surface area (Å²) in [6.07, 6.45) is 0. The largest absolute Gasteiger partial charge is 0.318 e. The summed E-state index contributed by atoms with van der Waals surface area (Å²) in [4.78, 5) is 23.8. The summed E-state index contributed by atoms with van der Waals surface area (Å²) in [6.45, 7) is 1.85. The first kappa shape index (κ1) is 17.1. The van der Waals surface area contributed by atoms with Crippen LogP contribution in [0.2, 0.25) is 10.0 Å². The number of aryl methyl sites for hydroxylation is 1. The Morgan fingerprint density at radius 2 is 1.55 bits per heavy atom. The molecule has 0 radical (unpaired) electrons. The molecule has 0 unspecified atom stereocenters. The normalized spacial score (nSPS) is 10.2. The number of benzene rings is 2. The van der Waals surface area contributed by atoms with Crippen LogP contribution in [0.25, 0.3) is 0 Å². The van der Waals surface area contributed by atoms with Crippen molar-refractivity contribution in [1.29, 1.82) is 0 Å². The van der Waals surface area contributed by atoms with Gasteiger partial charge in [0.15, 0.2) is 0 Å². The maximum atomic E-state index is 11.9. The molecule has 114 valence electrons. The average molecular weight is 449 g/mol. The smallest absolute Gasteiger partial charge is 0.314 e. The molecule has 22 heavy (non-hydrogen) atoms. The van der Waals surface area contributed by atoms with Gasteiger partial charge >= 0.3 is 11.8 Å². The monoisotopic (exact) mass is 448 g/mol. The van der Waals surface area contributed by atoms with E-state index in [1.54, 1.807) is 6.07 Å². The Bertz CT molecular complexity index is 730. The fraction of sp³-hybridized carbons (Fsp3) is 0.0667. The van der Waals surface area contributed by atoms with Gasteiger partial charge in [0.1, 0.15) is 0 Å². The quantitative estimate of drug-likeness (QED) is 0.525. The number of nitrogens with one attached hydrogen (secondary N) is 2. The SMILES string of the molecule is Cc1cc(I)ccc1NC(=O)C(=O)Nc1cc(Cl)cc(Cl)c1. The molecule has 2 aromatic rings. The van der Waals surface area contributed by atoms with Crippen LogP contribution in [0, 0.1) is 10.5 Å². The number of hydrogen-bond donors (Lipinski definition) is 2. The van der Waals surface area contributed by atoms with Crippen molar-refractivity contribution in [3.8, 4) is 0 Å². The average Bonchev–Trinajstić information content (AvgIpc) is 2.40. The number of rotatable bonds is 2. The second kappa shape index (κ2) is 7.30. The molecule has 4 nitrogen and oxygen atoms in total. The summed E-state index contributed by atoms with van der Waals surface area (Å²) >= 11 is 13.9. The lowest BCUT2D eigenvalue weighted by Crippen LogP contribution is -2.29. The van der Waals surface area contributed by atoms with Crippen molar-refractivity contribution in [1.82, 2.24) is 0 Å². The topological polar surface area (TPSA) is 58.2 Å². The molecule has 7 heteroatoms. The van der Waals surface area contributed by atoms with E-state index in [2.05, 4.69) is 33.2 Å². The molecule has 0 heterocycles. The predicted octanol–water partition coefficient (Wildman–Crippen LogP) is 4.48. The van der Waals surface area contributed by atoms with Crippen molar-refractivity contribution in [2.75, 3.05) is 10.6 Å². The van der Waals surface area contributed by atoms with E-state index >= 15 is 0 Å². The van der Waals surface area contributed by atoms with Crippen LogP contribution < -0.4 is 10.6 Å². The van der Waals surface area contributed by atoms with Crippen LogP contribution in [0.3, 0.4) is 0 Å². The Hall–Kier alpha value is -1.31. The Balaban J connectivity index is 2.07. The van der Waals surface area contributed by atoms with E-state index in [-0.39, 0.29) is 0 Å². The third-order valence-electron chi connectivity index (χ3n) is 2.76. The maximum Gasteiger partial charge on any atom is 0.314 e. The molecule has 0 fully saturated rings. The van der Waals surface area contributed by atoms with Gasteiger partial charge in [-0.1, -0.05) is 23.2 Å². The van der Waals surface area contributed by atoms with Crippen LogP contribution in [-0.2, 0) is 9.59 Å². The standard InChI is InChI=1S/C15H11Cl2IN2O2/c1-8-4-11(18)2-3-13(8)20-15(22)14(21)19-12-6-9(16)5-10(17)7-12/h2-7H,1H3,(H,19,21)(H,20,22). The minimum atomic E-state index is -0.795. The van der Waals surface area contributed by atoms with E-state index in [4.69, 9.17) is 23.2 Å². The Morgan fingerprint density at radius 1 is 0.955 bits per heavy atom. The van der Waals surface area contributed by atoms with E-state index in [0.717, 1.165) is 9.13 Å². The molecule has 0 aliphatic carbocycles. The van der Waals surface area contributed by atoms with Gasteiger partial charge < -0.3 is 10.6 Å². The van der Waals surface area contributed by atoms with Gasteiger partial charge in [-0.2, -0.15) is 0 Å². The number of carbonyl (C=O) groups is 2. The Labute approximate surface area is 151 Å². The zero-order valence-corrected chi connectivity index (χ0v) is 15.1. The van der Waals surface area contributed by atoms with E-state index in [1.807, 2.05) is 19.1 Å². The molecule has 0 spiro atoms. The molecule has 2 amide bonds. The molecular formula is C15H11Cl2IN2O2. The third kappa shape index (κ3) is 4.59. The fourth-order valence-electron chi connectivity index (χ4n) is 1.76. The van der Waals surface area contributed by atoms with E-state index in [9.17, 15) is 9.59 Å². The molecule has 0 saturated carbocycles. The molecule has 2 rings (SSSR count). The summed E-state index contributed by atoms with van der Waals surface area (Å²) in [7, 11) is 0. The highest BCUT2D eigenvalue weighted by Gasteiger charge is 2.15. The van der Waals surface area contributed by atoms with Crippen LogP contribution in [-0.4, -0.2) is 11.8 Å². The van der Waals surface area contributed by atoms with Gasteiger partial charge in [-0.05, 0) is 71.5 Å². The van der Waals surface area contributed by atoms with Crippen LogP contribution in [0.4, 0.5) is 11.4 Å². The van der Waals surface area contributed by atoms with Gasteiger partial charge in [0, 0.05) is 25.0 Å². The lowest BCUT2D eigenvalue weighted by Gasteiger charge is -2.09. The fourth-order valence-corrected chi connectivity index (χ4v) is 2.93. The van der Waals surface area contributed by atoms with Crippen LogP contribution in [0.5, 0.6) is 0 Å². The van der Waals surface area contributed by atoms with Gasteiger partial charge in [0.2, 0.25) is 0 Å². The van der Waals surface area contributed by atoms with Gasteiger partial charge in [-0.25, -0.2) is 0 Å². The second-order valence-corrected chi connectivity index (χ2v) is 6.64. The molecule has 0 atom stereocenters. The minimum absolute atomic E-state index is 0.358. The number of amides is 2. The van der Waals surface area contributed by atoms with Crippen molar-refractivity contribution in [3.05, 3.63) is 55.6 Å². The lowest BCUT2D eigenvalue weighted by molar-refractivity contribution is -0.133. The number of hydrogen-bond acceptors (Lipinski definition) is 2. The van der Waals surface area contributed by atoms with Crippen molar-refractivity contribution >= 4 is 69.0 Å². The van der Waals surface area contributed by atoms with Gasteiger partial charge in [-0.15, -0.1) is 0 Å². The van der Waals surface area contributed by atoms with Gasteiger partial charge in [-0.3, -0.25) is 9.59 Å². The summed E-state index contributed by atoms with van der Waals surface area (Å²) < 4.78 is 1.05. The van der Waals surface area contributed by atoms with Crippen molar-refractivity contribution < 1.29 is 9.59 Å². The maximum absolute atomic E-state index is 11.9. The zero-order valence-electron chi connectivity index (χ0n) is 11.4. The molecule has 2 N–H and O–H groups in total. The van der Waals surface area contributed by atoms with Crippen molar-refractivity contribution in [2.45, 2.75) is 6.92 Å². The highest BCUT2D eigenvalue weighted by atomic mass is 127. The summed E-state index contributed by atoms with van der Waals surface area (Å²) in [5, 5.41) is 5.76. The molecule has 0 aromatic heterocycles. The molecule has 2 aromatic carbocycles. The number of anilines is 2. The molecule has 0 bridgehead atoms. The van der Waals surface area contributed by atoms with Gasteiger partial charge in [0.25, 0.3) is 0 Å². The molecule has 0 aliphatic rings. The first-order valence-electron chi connectivity index (χ1n) is 6.20. The lowest BCUT2D eigenvalue weighted by atomic mass is 10.2. The van der Waals surface area contributed by atoms with Crippen molar-refractivity contribution in [3.63, 3.8) is 0 Å². The predicted molar refractivity (Wildman–Crippen MR) is 97.6 cm³/mol. The van der Waals surface area contributed by atoms with E-state index < -0.39 is 11.8 Å². The van der Waals surface area contributed by atoms with Crippen LogP contribution >= 0.6 is 45.8 Å². The zero-order chi connectivity index (χ0) is 16.3. The summed E-state index contributed by atoms with van der Waals surface area (Å²) in [5.74, 6) is -1.56. The van der Waals surface area contributed by atoms with Gasteiger partial charge in [0.05, 0.1) is 0 Å². The van der Waals surface area contributed by atoms with E-state index in [0.29, 0.717) is 21.4 Å². The van der Waals surface area contributed by atoms with E-state index in [1.165, 1.54) is 18.2 Å². The third-order valence-corrected chi connectivity index (χ3v) is 3.87. The molecular weight excluding hydrogens is 438 g/mol. The molecule has 0 saturated heterocycles. The highest BCUT2D eigenvalue weighted by Crippen LogP contribution is 2.22.